The minimum atomic E-state index is -1.10. The molecule has 15 heteroatoms. The average Bonchev–Trinajstić information content (AvgIpc) is 3.17. The summed E-state index contributed by atoms with van der Waals surface area (Å²) < 4.78 is 0. The Morgan fingerprint density at radius 3 is 1.49 bits per heavy atom. The molecular formula is C40H56Cl2N8O5. The molecule has 2 aliphatic heterocycles. The first-order chi connectivity index (χ1) is 25.5. The number of rotatable bonds is 12. The number of unbranched alkanes of at least 4 members (excludes halogenated alkanes) is 3. The van der Waals surface area contributed by atoms with Crippen molar-refractivity contribution < 1.29 is 24.3 Å². The van der Waals surface area contributed by atoms with Gasteiger partial charge in [0.25, 0.3) is 5.91 Å². The summed E-state index contributed by atoms with van der Waals surface area (Å²) >= 11 is 0. The van der Waals surface area contributed by atoms with Crippen molar-refractivity contribution in [2.24, 2.45) is 0 Å². The van der Waals surface area contributed by atoms with Gasteiger partial charge in [0, 0.05) is 110 Å². The van der Waals surface area contributed by atoms with E-state index in [9.17, 15) is 24.3 Å². The topological polar surface area (TPSA) is 160 Å². The smallest absolute Gasteiger partial charge is 0.320 e. The Bertz CT molecular complexity index is 1660. The van der Waals surface area contributed by atoms with E-state index >= 15 is 0 Å². The van der Waals surface area contributed by atoms with Gasteiger partial charge in [-0.25, -0.2) is 9.59 Å². The molecule has 0 aromatic heterocycles. The fourth-order valence-electron chi connectivity index (χ4n) is 6.26. The molecule has 4 rings (SSSR count). The number of nitrogens with two attached hydrogens (primary N) is 2. The van der Waals surface area contributed by atoms with E-state index in [1.165, 1.54) is 0 Å². The summed E-state index contributed by atoms with van der Waals surface area (Å²) in [6.07, 6.45) is 2.95. The summed E-state index contributed by atoms with van der Waals surface area (Å²) in [5, 5.41) is 10.5. The Hall–Kier alpha value is -4.82. The van der Waals surface area contributed by atoms with Crippen LogP contribution in [0.5, 0.6) is 0 Å². The molecule has 55 heavy (non-hydrogen) atoms. The molecule has 0 saturated carbocycles. The van der Waals surface area contributed by atoms with Gasteiger partial charge in [-0.05, 0) is 72.9 Å². The number of hydrogen-bond acceptors (Lipinski definition) is 7. The van der Waals surface area contributed by atoms with Crippen LogP contribution in [0.25, 0.3) is 0 Å². The Labute approximate surface area is 338 Å². The number of hydrogen-bond donors (Lipinski definition) is 3. The first-order valence-corrected chi connectivity index (χ1v) is 18.4. The molecule has 2 aliphatic rings. The molecule has 2 saturated heterocycles. The van der Waals surface area contributed by atoms with Gasteiger partial charge >= 0.3 is 12.1 Å². The zero-order valence-corrected chi connectivity index (χ0v) is 33.6. The molecule has 2 fully saturated rings. The molecule has 13 nitrogen and oxygen atoms in total. The van der Waals surface area contributed by atoms with Gasteiger partial charge in [0.05, 0.1) is 0 Å². The second-order valence-corrected chi connectivity index (χ2v) is 13.7. The molecule has 300 valence electrons. The maximum Gasteiger partial charge on any atom is 0.320 e. The highest BCUT2D eigenvalue weighted by Gasteiger charge is 2.29. The number of carbonyl (C=O) groups is 4. The summed E-state index contributed by atoms with van der Waals surface area (Å²) in [6.45, 7) is 4.65. The van der Waals surface area contributed by atoms with Crippen LogP contribution < -0.4 is 11.5 Å². The molecular weight excluding hydrogens is 743 g/mol. The van der Waals surface area contributed by atoms with Crippen molar-refractivity contribution >= 4 is 60.1 Å². The second kappa shape index (κ2) is 23.9. The van der Waals surface area contributed by atoms with Crippen molar-refractivity contribution in [1.82, 2.24) is 29.4 Å². The van der Waals surface area contributed by atoms with E-state index in [-0.39, 0.29) is 48.7 Å². The minimum absolute atomic E-state index is 0. The van der Waals surface area contributed by atoms with Gasteiger partial charge in [0.1, 0.15) is 6.10 Å². The Balaban J connectivity index is 0.00000523. The number of aliphatic hydroxyl groups excluding tert-OH is 1. The Morgan fingerprint density at radius 1 is 0.636 bits per heavy atom. The van der Waals surface area contributed by atoms with Crippen LogP contribution in [0, 0.1) is 23.7 Å². The molecule has 0 aliphatic carbocycles. The van der Waals surface area contributed by atoms with Crippen LogP contribution in [-0.4, -0.2) is 131 Å². The predicted octanol–water partition coefficient (Wildman–Crippen LogP) is 3.89. The number of aliphatic hydroxyl groups is 1. The quantitative estimate of drug-likeness (QED) is 0.167. The van der Waals surface area contributed by atoms with E-state index in [2.05, 4.69) is 23.7 Å². The van der Waals surface area contributed by atoms with E-state index in [1.807, 2.05) is 53.4 Å². The number of benzene rings is 2. The molecule has 1 atom stereocenters. The maximum absolute atomic E-state index is 12.9. The van der Waals surface area contributed by atoms with Gasteiger partial charge in [-0.3, -0.25) is 9.59 Å². The van der Waals surface area contributed by atoms with Crippen LogP contribution in [0.1, 0.15) is 56.1 Å². The van der Waals surface area contributed by atoms with Crippen molar-refractivity contribution in [3.8, 4) is 23.7 Å². The third kappa shape index (κ3) is 15.1. The van der Waals surface area contributed by atoms with Crippen molar-refractivity contribution in [2.75, 3.05) is 77.9 Å². The van der Waals surface area contributed by atoms with Gasteiger partial charge in [-0.2, -0.15) is 0 Å². The molecule has 0 radical (unpaired) electrons. The highest BCUT2D eigenvalue weighted by molar-refractivity contribution is 5.85. The van der Waals surface area contributed by atoms with Crippen LogP contribution in [-0.2, 0) is 22.7 Å². The van der Waals surface area contributed by atoms with Crippen LogP contribution in [0.2, 0.25) is 0 Å². The SMILES string of the molecule is CN(Cc1ccc(N)cc1)C(=O)N1CCN(C(=O)CCCCC#CC#CCCCC(O)C(=O)N2CCN(C(=O)N(C)Cc3ccc(N)cc3)CC2)CC1.Cl.Cl. The number of anilines is 2. The third-order valence-corrected chi connectivity index (χ3v) is 9.46. The lowest BCUT2D eigenvalue weighted by Crippen LogP contribution is -2.55. The van der Waals surface area contributed by atoms with Crippen molar-refractivity contribution in [3.05, 3.63) is 59.7 Å². The number of urea groups is 2. The fraction of sp³-hybridized carbons (Fsp3) is 0.500. The fourth-order valence-corrected chi connectivity index (χ4v) is 6.26. The number of piperazine rings is 2. The lowest BCUT2D eigenvalue weighted by Gasteiger charge is -2.37. The zero-order chi connectivity index (χ0) is 38.2. The third-order valence-electron chi connectivity index (χ3n) is 9.46. The number of nitrogens with zero attached hydrogens (tertiary/aromatic N) is 6. The van der Waals surface area contributed by atoms with Crippen molar-refractivity contribution in [2.45, 2.75) is 64.1 Å². The average molecular weight is 800 g/mol. The van der Waals surface area contributed by atoms with Crippen LogP contribution >= 0.6 is 24.8 Å². The van der Waals surface area contributed by atoms with E-state index in [0.29, 0.717) is 109 Å². The van der Waals surface area contributed by atoms with Gasteiger partial charge < -0.3 is 46.0 Å². The standard InChI is InChI=1S/C40H54N8O5.2ClH/c1-43(30-32-14-18-34(41)19-15-32)39(52)47-26-22-45(23-27-47)37(50)13-11-9-7-5-3-4-6-8-10-12-36(49)38(51)46-24-28-48(29-25-46)40(53)44(2)31-33-16-20-35(42)21-17-33;;/h14-21,36,49H,7-13,22-31,41-42H2,1-2H3;2*1H. The monoisotopic (exact) mass is 798 g/mol. The van der Waals surface area contributed by atoms with Gasteiger partial charge in [0.15, 0.2) is 0 Å². The van der Waals surface area contributed by atoms with Crippen LogP contribution in [0.15, 0.2) is 48.5 Å². The van der Waals surface area contributed by atoms with E-state index in [4.69, 9.17) is 11.5 Å². The lowest BCUT2D eigenvalue weighted by molar-refractivity contribution is -0.142. The summed E-state index contributed by atoms with van der Waals surface area (Å²) in [6, 6.07) is 14.7. The second-order valence-electron chi connectivity index (χ2n) is 13.7. The van der Waals surface area contributed by atoms with E-state index < -0.39 is 6.10 Å². The Morgan fingerprint density at radius 2 is 1.04 bits per heavy atom. The summed E-state index contributed by atoms with van der Waals surface area (Å²) in [5.74, 6) is 11.5. The molecule has 1 unspecified atom stereocenters. The molecule has 6 amide bonds. The van der Waals surface area contributed by atoms with Gasteiger partial charge in [0.2, 0.25) is 5.91 Å². The van der Waals surface area contributed by atoms with Gasteiger partial charge in [-0.1, -0.05) is 36.1 Å². The molecule has 2 aromatic rings. The predicted molar refractivity (Wildman–Crippen MR) is 220 cm³/mol. The lowest BCUT2D eigenvalue weighted by atomic mass is 10.1. The molecule has 5 N–H and O–H groups in total. The summed E-state index contributed by atoms with van der Waals surface area (Å²) in [4.78, 5) is 61.5. The van der Waals surface area contributed by atoms with Crippen LogP contribution in [0.3, 0.4) is 0 Å². The maximum atomic E-state index is 12.9. The van der Waals surface area contributed by atoms with Gasteiger partial charge in [-0.15, -0.1) is 24.8 Å². The van der Waals surface area contributed by atoms with E-state index in [0.717, 1.165) is 24.0 Å². The van der Waals surface area contributed by atoms with Crippen LogP contribution in [0.4, 0.5) is 21.0 Å². The van der Waals surface area contributed by atoms with Crippen molar-refractivity contribution in [1.29, 1.82) is 0 Å². The number of nitrogen functional groups attached to an aromatic ring is 2. The number of amides is 6. The normalized spacial score (nSPS) is 14.2. The van der Waals surface area contributed by atoms with E-state index in [1.54, 1.807) is 38.6 Å². The highest BCUT2D eigenvalue weighted by atomic mass is 35.5. The molecule has 2 heterocycles. The van der Waals surface area contributed by atoms with Crippen molar-refractivity contribution in [3.63, 3.8) is 0 Å². The Kier molecular flexibility index (Phi) is 20.1. The minimum Gasteiger partial charge on any atom is -0.399 e. The highest BCUT2D eigenvalue weighted by Crippen LogP contribution is 2.14. The first kappa shape index (κ1) is 46.3. The molecule has 0 spiro atoms. The molecule has 0 bridgehead atoms. The summed E-state index contributed by atoms with van der Waals surface area (Å²) in [5.41, 5.74) is 14.8. The zero-order valence-electron chi connectivity index (χ0n) is 32.0. The summed E-state index contributed by atoms with van der Waals surface area (Å²) in [7, 11) is 3.53. The first-order valence-electron chi connectivity index (χ1n) is 18.4. The largest absolute Gasteiger partial charge is 0.399 e. The number of carbonyl (C=O) groups excluding carboxylic acids is 4. The molecule has 2 aromatic carbocycles. The number of halogens is 2.